The summed E-state index contributed by atoms with van der Waals surface area (Å²) in [5.41, 5.74) is 2.71. The molecule has 3 aromatic carbocycles. The summed E-state index contributed by atoms with van der Waals surface area (Å²) in [5.74, 6) is 0.233. The van der Waals surface area contributed by atoms with E-state index in [9.17, 15) is 0 Å². The summed E-state index contributed by atoms with van der Waals surface area (Å²) in [6.07, 6.45) is 6.47. The Morgan fingerprint density at radius 2 is 1.20 bits per heavy atom. The van der Waals surface area contributed by atoms with Crippen LogP contribution in [0.3, 0.4) is 0 Å². The second-order valence-electron chi connectivity index (χ2n) is 7.54. The average Bonchev–Trinajstić information content (AvgIpc) is 2.80. The van der Waals surface area contributed by atoms with E-state index in [-0.39, 0.29) is 24.8 Å². The van der Waals surface area contributed by atoms with Crippen LogP contribution in [0.2, 0.25) is 0 Å². The Kier molecular flexibility index (Phi) is 10.2. The maximum absolute atomic E-state index is 6.86. The molecule has 0 spiro atoms. The summed E-state index contributed by atoms with van der Waals surface area (Å²) >= 11 is 0. The third-order valence-corrected chi connectivity index (χ3v) is 5.51. The van der Waals surface area contributed by atoms with E-state index in [1.54, 1.807) is 6.08 Å². The van der Waals surface area contributed by atoms with Gasteiger partial charge in [-0.3, -0.25) is 6.08 Å². The predicted molar refractivity (Wildman–Crippen MR) is 122 cm³/mol. The van der Waals surface area contributed by atoms with Crippen LogP contribution in [0.4, 0.5) is 0 Å². The van der Waals surface area contributed by atoms with Crippen molar-refractivity contribution in [2.75, 3.05) is 6.61 Å². The standard InChI is InChI=1S/C28H31O.Li/c1-3-5-9-16-24(4-2)23-29-28(25-17-10-6-11-18-25,26-19-12-7-13-20-26)27-21-14-8-15-22-27;/h2,4,6-8,10-15,17-22,24H,3,5,9,16,23H2,1H3;/q-1;+1. The summed E-state index contributed by atoms with van der Waals surface area (Å²) in [7, 11) is 0. The molecule has 0 saturated heterocycles. The molecule has 0 fully saturated rings. The summed E-state index contributed by atoms with van der Waals surface area (Å²) in [6.45, 7) is 8.80. The number of ether oxygens (including phenoxy) is 1. The summed E-state index contributed by atoms with van der Waals surface area (Å²) in [4.78, 5) is 0. The minimum Gasteiger partial charge on any atom is -0.518 e. The van der Waals surface area contributed by atoms with Crippen LogP contribution in [-0.4, -0.2) is 6.61 Å². The van der Waals surface area contributed by atoms with Crippen LogP contribution in [0.15, 0.2) is 97.1 Å². The van der Waals surface area contributed by atoms with E-state index >= 15 is 0 Å². The van der Waals surface area contributed by atoms with Gasteiger partial charge < -0.3 is 11.3 Å². The molecule has 0 aliphatic heterocycles. The molecular weight excluding hydrogens is 359 g/mol. The van der Waals surface area contributed by atoms with Crippen molar-refractivity contribution in [2.24, 2.45) is 5.92 Å². The van der Waals surface area contributed by atoms with Crippen LogP contribution in [0.25, 0.3) is 0 Å². The first-order valence-electron chi connectivity index (χ1n) is 10.7. The maximum Gasteiger partial charge on any atom is 1.00 e. The van der Waals surface area contributed by atoms with E-state index in [1.165, 1.54) is 19.3 Å². The molecule has 2 heteroatoms. The van der Waals surface area contributed by atoms with Crippen LogP contribution in [-0.2, 0) is 10.3 Å². The Hall–Kier alpha value is -2.04. The molecule has 3 aromatic rings. The maximum atomic E-state index is 6.86. The van der Waals surface area contributed by atoms with Crippen molar-refractivity contribution in [1.29, 1.82) is 0 Å². The molecule has 30 heavy (non-hydrogen) atoms. The van der Waals surface area contributed by atoms with Gasteiger partial charge in [0, 0.05) is 0 Å². The smallest absolute Gasteiger partial charge is 0.518 e. The summed E-state index contributed by atoms with van der Waals surface area (Å²) < 4.78 is 6.86. The van der Waals surface area contributed by atoms with Gasteiger partial charge in [0.05, 0.1) is 6.61 Å². The molecular formula is C28H31LiO. The van der Waals surface area contributed by atoms with Gasteiger partial charge in [-0.15, -0.1) is 0 Å². The van der Waals surface area contributed by atoms with Gasteiger partial charge in [-0.1, -0.05) is 117 Å². The first-order valence-corrected chi connectivity index (χ1v) is 10.7. The zero-order valence-electron chi connectivity index (χ0n) is 18.3. The van der Waals surface area contributed by atoms with Crippen LogP contribution >= 0.6 is 0 Å². The number of hydrogen-bond acceptors (Lipinski definition) is 1. The molecule has 0 heterocycles. The summed E-state index contributed by atoms with van der Waals surface area (Å²) in [5, 5.41) is 0. The van der Waals surface area contributed by atoms with Gasteiger partial charge in [0.1, 0.15) is 5.60 Å². The normalized spacial score (nSPS) is 12.0. The second kappa shape index (κ2) is 12.6. The van der Waals surface area contributed by atoms with Crippen molar-refractivity contribution >= 4 is 0 Å². The van der Waals surface area contributed by atoms with Gasteiger partial charge in [-0.2, -0.15) is 0 Å². The van der Waals surface area contributed by atoms with Gasteiger partial charge in [0.2, 0.25) is 0 Å². The van der Waals surface area contributed by atoms with E-state index in [0.29, 0.717) is 6.61 Å². The van der Waals surface area contributed by atoms with E-state index in [0.717, 1.165) is 23.1 Å². The van der Waals surface area contributed by atoms with Crippen molar-refractivity contribution in [3.8, 4) is 0 Å². The molecule has 0 aliphatic carbocycles. The van der Waals surface area contributed by atoms with Crippen molar-refractivity contribution < 1.29 is 23.6 Å². The molecule has 1 atom stereocenters. The summed E-state index contributed by atoms with van der Waals surface area (Å²) in [6, 6.07) is 31.5. The van der Waals surface area contributed by atoms with Crippen LogP contribution in [0, 0.1) is 12.5 Å². The Balaban J connectivity index is 0.00000320. The van der Waals surface area contributed by atoms with E-state index in [4.69, 9.17) is 11.3 Å². The number of unbranched alkanes of at least 4 members (excludes halogenated alkanes) is 2. The molecule has 0 radical (unpaired) electrons. The largest absolute Gasteiger partial charge is 1.00 e. The van der Waals surface area contributed by atoms with Gasteiger partial charge in [-0.05, 0) is 29.0 Å². The van der Waals surface area contributed by atoms with Gasteiger partial charge in [-0.25, -0.2) is 0 Å². The Labute approximate surface area is 194 Å². The molecule has 1 nitrogen and oxygen atoms in total. The Bertz CT molecular complexity index is 749. The molecule has 1 unspecified atom stereocenters. The SMILES string of the molecule is [CH-]=CC(CCCCC)COC(c1ccccc1)(c1ccccc1)c1ccccc1.[Li+]. The minimum absolute atomic E-state index is 0. The van der Waals surface area contributed by atoms with Crippen LogP contribution < -0.4 is 18.9 Å². The fourth-order valence-corrected chi connectivity index (χ4v) is 3.89. The molecule has 150 valence electrons. The third kappa shape index (κ3) is 5.77. The van der Waals surface area contributed by atoms with Gasteiger partial charge in [0.25, 0.3) is 0 Å². The Morgan fingerprint density at radius 1 is 0.767 bits per heavy atom. The fraction of sp³-hybridized carbons (Fsp3) is 0.286. The van der Waals surface area contributed by atoms with Crippen LogP contribution in [0.1, 0.15) is 49.3 Å². The topological polar surface area (TPSA) is 9.23 Å². The van der Waals surface area contributed by atoms with Crippen LogP contribution in [0.5, 0.6) is 0 Å². The van der Waals surface area contributed by atoms with Crippen molar-refractivity contribution in [3.05, 3.63) is 120 Å². The molecule has 3 rings (SSSR count). The van der Waals surface area contributed by atoms with E-state index in [2.05, 4.69) is 79.7 Å². The molecule has 0 N–H and O–H groups in total. The molecule has 0 aromatic heterocycles. The number of rotatable bonds is 11. The molecule has 0 bridgehead atoms. The quantitative estimate of drug-likeness (QED) is 0.207. The first kappa shape index (κ1) is 24.2. The zero-order chi connectivity index (χ0) is 20.4. The monoisotopic (exact) mass is 390 g/mol. The Morgan fingerprint density at radius 3 is 1.57 bits per heavy atom. The average molecular weight is 390 g/mol. The van der Waals surface area contributed by atoms with Gasteiger partial charge >= 0.3 is 18.9 Å². The number of hydrogen-bond donors (Lipinski definition) is 0. The molecule has 0 saturated carbocycles. The fourth-order valence-electron chi connectivity index (χ4n) is 3.89. The zero-order valence-corrected chi connectivity index (χ0v) is 18.3. The van der Waals surface area contributed by atoms with Crippen molar-refractivity contribution in [2.45, 2.75) is 38.2 Å². The van der Waals surface area contributed by atoms with Crippen molar-refractivity contribution in [1.82, 2.24) is 0 Å². The first-order chi connectivity index (χ1) is 14.3. The van der Waals surface area contributed by atoms with E-state index in [1.807, 2.05) is 18.2 Å². The molecule has 0 amide bonds. The van der Waals surface area contributed by atoms with E-state index < -0.39 is 5.60 Å². The van der Waals surface area contributed by atoms with Crippen molar-refractivity contribution in [3.63, 3.8) is 0 Å². The van der Waals surface area contributed by atoms with Gasteiger partial charge in [0.15, 0.2) is 0 Å². The second-order valence-corrected chi connectivity index (χ2v) is 7.54. The molecule has 0 aliphatic rings. The number of benzene rings is 3. The third-order valence-electron chi connectivity index (χ3n) is 5.51. The predicted octanol–water partition coefficient (Wildman–Crippen LogP) is 4.18. The minimum atomic E-state index is -0.671.